The molecule has 1 N–H and O–H groups in total. The Hall–Kier alpha value is -0.230. The summed E-state index contributed by atoms with van der Waals surface area (Å²) in [6.07, 6.45) is 0. The largest absolute Gasteiger partial charge is 0.241 e. The summed E-state index contributed by atoms with van der Waals surface area (Å²) < 4.78 is 0. The van der Waals surface area contributed by atoms with E-state index in [1.807, 2.05) is 0 Å². The van der Waals surface area contributed by atoms with Gasteiger partial charge in [-0.3, -0.25) is 0 Å². The molecule has 50 valence electrons. The predicted molar refractivity (Wildman–Crippen MR) is 38.2 cm³/mol. The van der Waals surface area contributed by atoms with E-state index in [4.69, 9.17) is 0 Å². The molecular formula is C3H6N4S2. The van der Waals surface area contributed by atoms with Gasteiger partial charge >= 0.3 is 0 Å². The second-order valence-electron chi connectivity index (χ2n) is 1.18. The first-order valence-electron chi connectivity index (χ1n) is 2.46. The summed E-state index contributed by atoms with van der Waals surface area (Å²) in [6, 6.07) is 0. The predicted octanol–water partition coefficient (Wildman–Crippen LogP) is 0.960. The van der Waals surface area contributed by atoms with Crippen molar-refractivity contribution in [3.05, 3.63) is 0 Å². The Bertz CT molecular complexity index is 151. The van der Waals surface area contributed by atoms with Crippen molar-refractivity contribution in [2.24, 2.45) is 0 Å². The zero-order valence-electron chi connectivity index (χ0n) is 4.87. The molecule has 0 unspecified atom stereocenters. The first kappa shape index (κ1) is 6.88. The lowest BCUT2D eigenvalue weighted by molar-refractivity contribution is 0.881. The summed E-state index contributed by atoms with van der Waals surface area (Å²) in [4.78, 5) is 0. The summed E-state index contributed by atoms with van der Waals surface area (Å²) in [5, 5.41) is 14.0. The number of aromatic amines is 1. The first-order valence-corrected chi connectivity index (χ1v) is 4.78. The van der Waals surface area contributed by atoms with E-state index in [0.717, 1.165) is 5.75 Å². The lowest BCUT2D eigenvalue weighted by atomic mass is 11.0. The Morgan fingerprint density at radius 3 is 3.11 bits per heavy atom. The Kier molecular flexibility index (Phi) is 2.85. The van der Waals surface area contributed by atoms with E-state index in [-0.39, 0.29) is 0 Å². The van der Waals surface area contributed by atoms with Gasteiger partial charge in [0.25, 0.3) is 0 Å². The van der Waals surface area contributed by atoms with E-state index in [2.05, 4.69) is 27.5 Å². The molecule has 1 aromatic rings. The molecule has 9 heavy (non-hydrogen) atoms. The van der Waals surface area contributed by atoms with Crippen molar-refractivity contribution in [2.45, 2.75) is 12.1 Å². The maximum absolute atomic E-state index is 3.75. The second kappa shape index (κ2) is 3.73. The van der Waals surface area contributed by atoms with Gasteiger partial charge in [-0.05, 0) is 16.0 Å². The van der Waals surface area contributed by atoms with Crippen molar-refractivity contribution < 1.29 is 0 Å². The number of rotatable bonds is 3. The van der Waals surface area contributed by atoms with Crippen molar-refractivity contribution in [1.29, 1.82) is 0 Å². The Morgan fingerprint density at radius 1 is 1.67 bits per heavy atom. The van der Waals surface area contributed by atoms with Crippen molar-refractivity contribution >= 4 is 21.6 Å². The molecule has 1 aromatic heterocycles. The highest BCUT2D eigenvalue weighted by Gasteiger charge is 1.95. The van der Waals surface area contributed by atoms with Crippen LogP contribution in [-0.2, 0) is 0 Å². The molecule has 0 spiro atoms. The van der Waals surface area contributed by atoms with E-state index in [1.54, 1.807) is 10.8 Å². The van der Waals surface area contributed by atoms with Crippen LogP contribution in [0.15, 0.2) is 5.16 Å². The van der Waals surface area contributed by atoms with E-state index >= 15 is 0 Å². The minimum absolute atomic E-state index is 0.696. The number of aromatic nitrogens is 4. The molecule has 0 aliphatic rings. The van der Waals surface area contributed by atoms with E-state index in [0.29, 0.717) is 5.16 Å². The molecule has 0 saturated heterocycles. The standard InChI is InChI=1S/C3H6N4S2/c1-2-8-9-3-4-6-7-5-3/h2H2,1H3,(H,4,5,6,7). The third-order valence-corrected chi connectivity index (χ3v) is 2.76. The van der Waals surface area contributed by atoms with Gasteiger partial charge in [0.1, 0.15) is 0 Å². The molecule has 6 heteroatoms. The Balaban J connectivity index is 2.30. The Morgan fingerprint density at radius 2 is 2.56 bits per heavy atom. The highest BCUT2D eigenvalue weighted by Crippen LogP contribution is 2.25. The van der Waals surface area contributed by atoms with Crippen LogP contribution in [0.3, 0.4) is 0 Å². The highest BCUT2D eigenvalue weighted by atomic mass is 33.1. The maximum Gasteiger partial charge on any atom is 0.241 e. The normalized spacial score (nSPS) is 9.89. The van der Waals surface area contributed by atoms with Crippen LogP contribution in [0.4, 0.5) is 0 Å². The van der Waals surface area contributed by atoms with Gasteiger partial charge < -0.3 is 0 Å². The number of nitrogens with one attached hydrogen (secondary N) is 1. The van der Waals surface area contributed by atoms with Crippen molar-refractivity contribution in [3.8, 4) is 0 Å². The van der Waals surface area contributed by atoms with E-state index in [9.17, 15) is 0 Å². The second-order valence-corrected chi connectivity index (χ2v) is 3.74. The van der Waals surface area contributed by atoms with Crippen LogP contribution < -0.4 is 0 Å². The molecule has 0 saturated carbocycles. The van der Waals surface area contributed by atoms with Crippen molar-refractivity contribution in [1.82, 2.24) is 20.6 Å². The van der Waals surface area contributed by atoms with Crippen LogP contribution in [0.25, 0.3) is 0 Å². The van der Waals surface area contributed by atoms with Crippen LogP contribution in [0, 0.1) is 0 Å². The summed E-state index contributed by atoms with van der Waals surface area (Å²) >= 11 is 0. The van der Waals surface area contributed by atoms with Gasteiger partial charge in [-0.1, -0.05) is 17.7 Å². The fourth-order valence-corrected chi connectivity index (χ4v) is 1.56. The topological polar surface area (TPSA) is 54.5 Å². The molecule has 0 aromatic carbocycles. The quantitative estimate of drug-likeness (QED) is 0.671. The average molecular weight is 162 g/mol. The summed E-state index contributed by atoms with van der Waals surface area (Å²) in [6.45, 7) is 2.08. The smallest absolute Gasteiger partial charge is 0.176 e. The SMILES string of the molecule is CCSSc1nn[nH]n1. The van der Waals surface area contributed by atoms with E-state index in [1.165, 1.54) is 10.8 Å². The number of nitrogens with zero attached hydrogens (tertiary/aromatic N) is 3. The monoisotopic (exact) mass is 162 g/mol. The molecule has 0 amide bonds. The number of hydrogen-bond acceptors (Lipinski definition) is 5. The van der Waals surface area contributed by atoms with Crippen LogP contribution in [0.2, 0.25) is 0 Å². The van der Waals surface area contributed by atoms with Crippen molar-refractivity contribution in [2.75, 3.05) is 5.75 Å². The van der Waals surface area contributed by atoms with Gasteiger partial charge in [0.15, 0.2) is 0 Å². The third-order valence-electron chi connectivity index (χ3n) is 0.577. The zero-order chi connectivity index (χ0) is 6.53. The number of tetrazole rings is 1. The fourth-order valence-electron chi connectivity index (χ4n) is 0.300. The molecule has 0 aliphatic heterocycles. The molecule has 1 heterocycles. The summed E-state index contributed by atoms with van der Waals surface area (Å²) in [7, 11) is 3.23. The number of hydrogen-bond donors (Lipinski definition) is 1. The van der Waals surface area contributed by atoms with Crippen molar-refractivity contribution in [3.63, 3.8) is 0 Å². The lowest BCUT2D eigenvalue weighted by Crippen LogP contribution is -1.70. The van der Waals surface area contributed by atoms with Gasteiger partial charge in [0.05, 0.1) is 0 Å². The molecule has 0 radical (unpaired) electrons. The fraction of sp³-hybridized carbons (Fsp3) is 0.667. The van der Waals surface area contributed by atoms with Gasteiger partial charge in [-0.15, -0.1) is 10.2 Å². The number of H-pyrrole nitrogens is 1. The molecule has 0 atom stereocenters. The minimum atomic E-state index is 0.696. The van der Waals surface area contributed by atoms with Crippen LogP contribution in [-0.4, -0.2) is 26.4 Å². The molecule has 1 rings (SSSR count). The lowest BCUT2D eigenvalue weighted by Gasteiger charge is -1.85. The van der Waals surface area contributed by atoms with Gasteiger partial charge in [-0.2, -0.15) is 5.21 Å². The summed E-state index contributed by atoms with van der Waals surface area (Å²) in [5.41, 5.74) is 0. The maximum atomic E-state index is 3.75. The van der Waals surface area contributed by atoms with Gasteiger partial charge in [0, 0.05) is 5.75 Å². The average Bonchev–Trinajstić information content (AvgIpc) is 2.34. The summed E-state index contributed by atoms with van der Waals surface area (Å²) in [5.74, 6) is 1.05. The van der Waals surface area contributed by atoms with Crippen LogP contribution in [0.1, 0.15) is 6.92 Å². The molecular weight excluding hydrogens is 156 g/mol. The third kappa shape index (κ3) is 2.23. The van der Waals surface area contributed by atoms with E-state index < -0.39 is 0 Å². The molecule has 0 fully saturated rings. The van der Waals surface area contributed by atoms with Crippen LogP contribution >= 0.6 is 21.6 Å². The molecule has 0 aliphatic carbocycles. The highest BCUT2D eigenvalue weighted by molar-refractivity contribution is 8.76. The molecule has 0 bridgehead atoms. The first-order chi connectivity index (χ1) is 4.43. The zero-order valence-corrected chi connectivity index (χ0v) is 6.50. The van der Waals surface area contributed by atoms with Gasteiger partial charge in [0.2, 0.25) is 5.16 Å². The van der Waals surface area contributed by atoms with Crippen LogP contribution in [0.5, 0.6) is 0 Å². The molecule has 4 nitrogen and oxygen atoms in total. The Labute approximate surface area is 60.6 Å². The van der Waals surface area contributed by atoms with Gasteiger partial charge in [-0.25, -0.2) is 0 Å². The minimum Gasteiger partial charge on any atom is -0.176 e.